The molecule has 2 aromatic carbocycles. The van der Waals surface area contributed by atoms with Crippen molar-refractivity contribution >= 4 is 39.1 Å². The van der Waals surface area contributed by atoms with Crippen molar-refractivity contribution in [2.75, 3.05) is 25.3 Å². The molecule has 1 aliphatic heterocycles. The average molecular weight is 479 g/mol. The molecule has 0 aliphatic carbocycles. The van der Waals surface area contributed by atoms with Gasteiger partial charge in [0.05, 0.1) is 35.8 Å². The summed E-state index contributed by atoms with van der Waals surface area (Å²) in [5.41, 5.74) is 1.19. The standard InChI is InChI=1S/C22H26N2O6S2/c1-13(21(25)23-11-15-9-16(29-3)5-7-19(15)30-4)12-32(27,28)17-6-8-20-18(10-17)24-22(26)14(2)31-20/h5-10,13-14H,11-12H2,1-4H3,(H,23,25)(H,24,26). The maximum Gasteiger partial charge on any atom is 0.237 e. The lowest BCUT2D eigenvalue weighted by molar-refractivity contribution is -0.124. The Hall–Kier alpha value is -2.72. The van der Waals surface area contributed by atoms with Crippen molar-refractivity contribution in [2.24, 2.45) is 5.92 Å². The molecular weight excluding hydrogens is 452 g/mol. The molecule has 0 saturated heterocycles. The number of carbonyl (C=O) groups is 2. The number of fused-ring (bicyclic) bond motifs is 1. The van der Waals surface area contributed by atoms with E-state index < -0.39 is 21.7 Å². The minimum Gasteiger partial charge on any atom is -0.497 e. The van der Waals surface area contributed by atoms with Crippen molar-refractivity contribution in [3.05, 3.63) is 42.0 Å². The smallest absolute Gasteiger partial charge is 0.237 e. The number of carbonyl (C=O) groups excluding carboxylic acids is 2. The van der Waals surface area contributed by atoms with Crippen LogP contribution in [0.3, 0.4) is 0 Å². The Morgan fingerprint density at radius 3 is 2.62 bits per heavy atom. The van der Waals surface area contributed by atoms with Gasteiger partial charge < -0.3 is 20.1 Å². The zero-order chi connectivity index (χ0) is 23.5. The van der Waals surface area contributed by atoms with Gasteiger partial charge in [-0.15, -0.1) is 11.8 Å². The Labute approximate surface area is 192 Å². The van der Waals surface area contributed by atoms with E-state index in [1.807, 2.05) is 0 Å². The van der Waals surface area contributed by atoms with Gasteiger partial charge in [0.25, 0.3) is 0 Å². The van der Waals surface area contributed by atoms with E-state index in [4.69, 9.17) is 9.47 Å². The fourth-order valence-corrected chi connectivity index (χ4v) is 5.76. The van der Waals surface area contributed by atoms with Gasteiger partial charge in [0.2, 0.25) is 11.8 Å². The van der Waals surface area contributed by atoms with Gasteiger partial charge in [-0.1, -0.05) is 6.92 Å². The number of benzene rings is 2. The van der Waals surface area contributed by atoms with Gasteiger partial charge in [0.1, 0.15) is 11.5 Å². The summed E-state index contributed by atoms with van der Waals surface area (Å²) in [4.78, 5) is 25.4. The summed E-state index contributed by atoms with van der Waals surface area (Å²) >= 11 is 1.38. The minimum atomic E-state index is -3.74. The summed E-state index contributed by atoms with van der Waals surface area (Å²) < 4.78 is 36.3. The molecule has 2 atom stereocenters. The van der Waals surface area contributed by atoms with Crippen LogP contribution in [0.1, 0.15) is 19.4 Å². The van der Waals surface area contributed by atoms with Gasteiger partial charge in [-0.2, -0.15) is 0 Å². The molecule has 2 N–H and O–H groups in total. The highest BCUT2D eigenvalue weighted by atomic mass is 32.2. The van der Waals surface area contributed by atoms with Crippen molar-refractivity contribution < 1.29 is 27.5 Å². The molecule has 8 nitrogen and oxygen atoms in total. The normalized spacial score (nSPS) is 16.5. The molecule has 2 amide bonds. The third-order valence-electron chi connectivity index (χ3n) is 5.10. The van der Waals surface area contributed by atoms with E-state index in [0.717, 1.165) is 4.90 Å². The highest BCUT2D eigenvalue weighted by molar-refractivity contribution is 8.01. The van der Waals surface area contributed by atoms with E-state index in [9.17, 15) is 18.0 Å². The molecule has 2 unspecified atom stereocenters. The van der Waals surface area contributed by atoms with Crippen molar-refractivity contribution in [2.45, 2.75) is 35.4 Å². The van der Waals surface area contributed by atoms with E-state index in [1.165, 1.54) is 31.0 Å². The summed E-state index contributed by atoms with van der Waals surface area (Å²) in [5, 5.41) is 5.25. The summed E-state index contributed by atoms with van der Waals surface area (Å²) in [6.45, 7) is 3.52. The molecule has 1 heterocycles. The van der Waals surface area contributed by atoms with Gasteiger partial charge in [-0.05, 0) is 43.3 Å². The summed E-state index contributed by atoms with van der Waals surface area (Å²) in [6, 6.07) is 9.88. The van der Waals surface area contributed by atoms with Crippen LogP contribution in [-0.4, -0.2) is 45.5 Å². The van der Waals surface area contributed by atoms with E-state index in [0.29, 0.717) is 22.7 Å². The van der Waals surface area contributed by atoms with Gasteiger partial charge in [0.15, 0.2) is 9.84 Å². The van der Waals surface area contributed by atoms with Crippen LogP contribution in [0.25, 0.3) is 0 Å². The quantitative estimate of drug-likeness (QED) is 0.600. The van der Waals surface area contributed by atoms with Crippen molar-refractivity contribution in [3.63, 3.8) is 0 Å². The van der Waals surface area contributed by atoms with Crippen molar-refractivity contribution in [3.8, 4) is 11.5 Å². The average Bonchev–Trinajstić information content (AvgIpc) is 2.77. The van der Waals surface area contributed by atoms with Crippen LogP contribution >= 0.6 is 11.8 Å². The molecule has 0 fully saturated rings. The van der Waals surface area contributed by atoms with Crippen LogP contribution in [-0.2, 0) is 26.0 Å². The molecule has 172 valence electrons. The molecule has 10 heteroatoms. The van der Waals surface area contributed by atoms with E-state index in [1.54, 1.807) is 45.2 Å². The number of hydrogen-bond donors (Lipinski definition) is 2. The molecule has 0 aromatic heterocycles. The summed E-state index contributed by atoms with van der Waals surface area (Å²) in [7, 11) is -0.667. The molecule has 0 saturated carbocycles. The zero-order valence-corrected chi connectivity index (χ0v) is 19.9. The first-order valence-corrected chi connectivity index (χ1v) is 12.5. The number of sulfone groups is 1. The molecule has 32 heavy (non-hydrogen) atoms. The zero-order valence-electron chi connectivity index (χ0n) is 18.3. The molecule has 2 aromatic rings. The Morgan fingerprint density at radius 1 is 1.19 bits per heavy atom. The van der Waals surface area contributed by atoms with Crippen LogP contribution in [0.2, 0.25) is 0 Å². The summed E-state index contributed by atoms with van der Waals surface area (Å²) in [6.07, 6.45) is 0. The Kier molecular flexibility index (Phi) is 7.35. The predicted molar refractivity (Wildman–Crippen MR) is 123 cm³/mol. The molecule has 3 rings (SSSR count). The van der Waals surface area contributed by atoms with E-state index in [2.05, 4.69) is 10.6 Å². The predicted octanol–water partition coefficient (Wildman–Crippen LogP) is 2.86. The second-order valence-corrected chi connectivity index (χ2v) is 10.9. The number of ether oxygens (including phenoxy) is 2. The SMILES string of the molecule is COc1ccc(OC)c(CNC(=O)C(C)CS(=O)(=O)c2ccc3c(c2)NC(=O)C(C)S3)c1. The highest BCUT2D eigenvalue weighted by Gasteiger charge is 2.27. The Bertz CT molecular complexity index is 1130. The lowest BCUT2D eigenvalue weighted by Gasteiger charge is -2.22. The second kappa shape index (κ2) is 9.83. The summed E-state index contributed by atoms with van der Waals surface area (Å²) in [5.74, 6) is -0.486. The Balaban J connectivity index is 1.67. The number of anilines is 1. The second-order valence-electron chi connectivity index (χ2n) is 7.49. The number of nitrogens with one attached hydrogen (secondary N) is 2. The van der Waals surface area contributed by atoms with E-state index >= 15 is 0 Å². The fourth-order valence-electron chi connectivity index (χ4n) is 3.26. The number of hydrogen-bond acceptors (Lipinski definition) is 7. The first-order valence-electron chi connectivity index (χ1n) is 9.97. The first-order chi connectivity index (χ1) is 15.1. The van der Waals surface area contributed by atoms with Crippen LogP contribution < -0.4 is 20.1 Å². The topological polar surface area (TPSA) is 111 Å². The van der Waals surface area contributed by atoms with Crippen LogP contribution in [0.4, 0.5) is 5.69 Å². The number of amides is 2. The first kappa shape index (κ1) is 23.9. The van der Waals surface area contributed by atoms with Gasteiger partial charge in [-0.3, -0.25) is 9.59 Å². The molecule has 0 spiro atoms. The maximum absolute atomic E-state index is 12.9. The van der Waals surface area contributed by atoms with Gasteiger partial charge in [0, 0.05) is 22.9 Å². The van der Waals surface area contributed by atoms with Crippen molar-refractivity contribution in [1.29, 1.82) is 0 Å². The number of methoxy groups -OCH3 is 2. The van der Waals surface area contributed by atoms with Crippen molar-refractivity contribution in [1.82, 2.24) is 5.32 Å². The highest BCUT2D eigenvalue weighted by Crippen LogP contribution is 2.37. The number of rotatable bonds is 8. The Morgan fingerprint density at radius 2 is 1.94 bits per heavy atom. The lowest BCUT2D eigenvalue weighted by Crippen LogP contribution is -2.33. The third kappa shape index (κ3) is 5.36. The lowest BCUT2D eigenvalue weighted by atomic mass is 10.1. The van der Waals surface area contributed by atoms with Gasteiger partial charge in [-0.25, -0.2) is 8.42 Å². The third-order valence-corrected chi connectivity index (χ3v) is 8.19. The van der Waals surface area contributed by atoms with Crippen LogP contribution in [0.15, 0.2) is 46.2 Å². The fraction of sp³-hybridized carbons (Fsp3) is 0.364. The van der Waals surface area contributed by atoms with Crippen LogP contribution in [0.5, 0.6) is 11.5 Å². The van der Waals surface area contributed by atoms with E-state index in [-0.39, 0.29) is 28.4 Å². The molecule has 0 radical (unpaired) electrons. The monoisotopic (exact) mass is 478 g/mol. The largest absolute Gasteiger partial charge is 0.497 e. The van der Waals surface area contributed by atoms with Crippen LogP contribution in [0, 0.1) is 5.92 Å². The maximum atomic E-state index is 12.9. The molecular formula is C22H26N2O6S2. The molecule has 1 aliphatic rings. The molecule has 0 bridgehead atoms. The minimum absolute atomic E-state index is 0.0702. The van der Waals surface area contributed by atoms with Gasteiger partial charge >= 0.3 is 0 Å². The number of thioether (sulfide) groups is 1.